The van der Waals surface area contributed by atoms with Crippen molar-refractivity contribution in [1.82, 2.24) is 10.6 Å². The van der Waals surface area contributed by atoms with Crippen LogP contribution in [0.15, 0.2) is 40.2 Å². The molecule has 0 radical (unpaired) electrons. The molecule has 0 aromatic heterocycles. The molecule has 2 fully saturated rings. The molecule has 2 aliphatic rings. The number of halogens is 1. The summed E-state index contributed by atoms with van der Waals surface area (Å²) in [4.78, 5) is 5.69. The van der Waals surface area contributed by atoms with Gasteiger partial charge in [0.25, 0.3) is 0 Å². The first-order valence-corrected chi connectivity index (χ1v) is 9.41. The van der Waals surface area contributed by atoms with Crippen LogP contribution in [0.5, 0.6) is 0 Å². The number of hydrogen-bond acceptors (Lipinski definition) is 3. The maximum atomic E-state index is 5.66. The molecule has 1 aromatic rings. The van der Waals surface area contributed by atoms with Gasteiger partial charge in [-0.05, 0) is 44.2 Å². The van der Waals surface area contributed by atoms with Gasteiger partial charge in [-0.1, -0.05) is 18.2 Å². The topological polar surface area (TPSA) is 45.7 Å². The third kappa shape index (κ3) is 6.11. The molecular weight excluding hydrogens is 433 g/mol. The standard InChI is InChI=1S/C18H27N3OS.HI/c1-19-17(20-12-9-15-6-5-13-22-15)21-14-18(10-11-18)23-16-7-3-2-4-8-16;/h2-4,7-8,15H,5-6,9-14H2,1H3,(H2,19,20,21);1H. The van der Waals surface area contributed by atoms with Gasteiger partial charge in [0.15, 0.2) is 5.96 Å². The minimum atomic E-state index is 0. The Morgan fingerprint density at radius 3 is 2.71 bits per heavy atom. The highest BCUT2D eigenvalue weighted by molar-refractivity contribution is 14.0. The molecule has 1 saturated heterocycles. The second kappa shape index (κ2) is 9.87. The predicted octanol–water partition coefficient (Wildman–Crippen LogP) is 3.66. The summed E-state index contributed by atoms with van der Waals surface area (Å²) in [7, 11) is 1.84. The van der Waals surface area contributed by atoms with E-state index in [0.717, 1.165) is 32.1 Å². The number of ether oxygens (including phenoxy) is 1. The Labute approximate surface area is 166 Å². The second-order valence-corrected chi connectivity index (χ2v) is 7.92. The first-order valence-electron chi connectivity index (χ1n) is 8.60. The molecule has 0 amide bonds. The van der Waals surface area contributed by atoms with Crippen LogP contribution in [0, 0.1) is 0 Å². The summed E-state index contributed by atoms with van der Waals surface area (Å²) in [5.74, 6) is 0.905. The molecule has 1 aliphatic carbocycles. The number of thioether (sulfide) groups is 1. The lowest BCUT2D eigenvalue weighted by Crippen LogP contribution is -2.42. The first-order chi connectivity index (χ1) is 11.3. The molecule has 1 atom stereocenters. The molecule has 0 spiro atoms. The lowest BCUT2D eigenvalue weighted by molar-refractivity contribution is 0.105. The quantitative estimate of drug-likeness (QED) is 0.370. The van der Waals surface area contributed by atoms with E-state index in [9.17, 15) is 0 Å². The lowest BCUT2D eigenvalue weighted by atomic mass is 10.2. The maximum Gasteiger partial charge on any atom is 0.191 e. The Bertz CT molecular complexity index is 516. The van der Waals surface area contributed by atoms with Gasteiger partial charge < -0.3 is 15.4 Å². The molecule has 3 rings (SSSR count). The van der Waals surface area contributed by atoms with Crippen molar-refractivity contribution in [3.63, 3.8) is 0 Å². The molecule has 6 heteroatoms. The fourth-order valence-corrected chi connectivity index (χ4v) is 4.13. The van der Waals surface area contributed by atoms with E-state index in [1.165, 1.54) is 30.6 Å². The van der Waals surface area contributed by atoms with E-state index < -0.39 is 0 Å². The molecule has 134 valence electrons. The van der Waals surface area contributed by atoms with Crippen molar-refractivity contribution in [3.05, 3.63) is 30.3 Å². The van der Waals surface area contributed by atoms with Gasteiger partial charge in [-0.3, -0.25) is 4.99 Å². The highest BCUT2D eigenvalue weighted by Crippen LogP contribution is 2.51. The highest BCUT2D eigenvalue weighted by atomic mass is 127. The van der Waals surface area contributed by atoms with Crippen LogP contribution < -0.4 is 10.6 Å². The normalized spacial score (nSPS) is 21.9. The van der Waals surface area contributed by atoms with E-state index in [-0.39, 0.29) is 24.0 Å². The maximum absolute atomic E-state index is 5.66. The summed E-state index contributed by atoms with van der Waals surface area (Å²) >= 11 is 1.99. The van der Waals surface area contributed by atoms with Gasteiger partial charge in [-0.25, -0.2) is 0 Å². The van der Waals surface area contributed by atoms with Gasteiger partial charge in [-0.2, -0.15) is 0 Å². The van der Waals surface area contributed by atoms with E-state index >= 15 is 0 Å². The van der Waals surface area contributed by atoms with E-state index in [4.69, 9.17) is 4.74 Å². The number of aliphatic imine (C=N–C) groups is 1. The summed E-state index contributed by atoms with van der Waals surface area (Å²) in [6, 6.07) is 10.7. The highest BCUT2D eigenvalue weighted by Gasteiger charge is 2.43. The number of nitrogens with one attached hydrogen (secondary N) is 2. The molecule has 4 nitrogen and oxygen atoms in total. The number of rotatable bonds is 7. The molecule has 0 bridgehead atoms. The Morgan fingerprint density at radius 1 is 1.29 bits per heavy atom. The summed E-state index contributed by atoms with van der Waals surface area (Å²) in [5, 5.41) is 6.91. The Kier molecular flexibility index (Phi) is 8.16. The van der Waals surface area contributed by atoms with E-state index in [1.807, 2.05) is 18.8 Å². The molecule has 1 aromatic carbocycles. The number of benzene rings is 1. The van der Waals surface area contributed by atoms with Gasteiger partial charge in [0, 0.05) is 36.4 Å². The van der Waals surface area contributed by atoms with Gasteiger partial charge in [0.1, 0.15) is 0 Å². The smallest absolute Gasteiger partial charge is 0.191 e. The minimum Gasteiger partial charge on any atom is -0.378 e. The molecular formula is C18H28IN3OS. The summed E-state index contributed by atoms with van der Waals surface area (Å²) in [6.07, 6.45) is 6.44. The van der Waals surface area contributed by atoms with Crippen molar-refractivity contribution < 1.29 is 4.74 Å². The Balaban J connectivity index is 0.00000208. The largest absolute Gasteiger partial charge is 0.378 e. The van der Waals surface area contributed by atoms with Crippen molar-refractivity contribution >= 4 is 41.7 Å². The third-order valence-corrected chi connectivity index (χ3v) is 5.96. The predicted molar refractivity (Wildman–Crippen MR) is 113 cm³/mol. The van der Waals surface area contributed by atoms with Crippen molar-refractivity contribution in [2.24, 2.45) is 4.99 Å². The average Bonchev–Trinajstić information content (AvgIpc) is 3.14. The zero-order valence-corrected chi connectivity index (χ0v) is 17.4. The van der Waals surface area contributed by atoms with Gasteiger partial charge in [-0.15, -0.1) is 35.7 Å². The van der Waals surface area contributed by atoms with Crippen LogP contribution >= 0.6 is 35.7 Å². The van der Waals surface area contributed by atoms with Crippen LogP contribution in [0.3, 0.4) is 0 Å². The van der Waals surface area contributed by atoms with Crippen LogP contribution in [0.25, 0.3) is 0 Å². The number of hydrogen-bond donors (Lipinski definition) is 2. The monoisotopic (exact) mass is 461 g/mol. The molecule has 1 aliphatic heterocycles. The fraction of sp³-hybridized carbons (Fsp3) is 0.611. The summed E-state index contributed by atoms with van der Waals surface area (Å²) in [5.41, 5.74) is 0. The van der Waals surface area contributed by atoms with Crippen LogP contribution in [-0.2, 0) is 4.74 Å². The van der Waals surface area contributed by atoms with E-state index in [1.54, 1.807) is 0 Å². The van der Waals surface area contributed by atoms with Gasteiger partial charge in [0.05, 0.1) is 6.10 Å². The van der Waals surface area contributed by atoms with E-state index in [0.29, 0.717) is 10.9 Å². The molecule has 1 heterocycles. The Hall–Kier alpha value is -0.470. The van der Waals surface area contributed by atoms with E-state index in [2.05, 4.69) is 46.0 Å². The molecule has 1 unspecified atom stereocenters. The summed E-state index contributed by atoms with van der Waals surface area (Å²) in [6.45, 7) is 2.81. The molecule has 2 N–H and O–H groups in total. The van der Waals surface area contributed by atoms with Crippen molar-refractivity contribution in [2.45, 2.75) is 47.9 Å². The average molecular weight is 461 g/mol. The zero-order chi connectivity index (χ0) is 16.0. The van der Waals surface area contributed by atoms with Crippen LogP contribution in [0.2, 0.25) is 0 Å². The van der Waals surface area contributed by atoms with Crippen molar-refractivity contribution in [3.8, 4) is 0 Å². The lowest BCUT2D eigenvalue weighted by Gasteiger charge is -2.19. The third-order valence-electron chi connectivity index (χ3n) is 4.47. The molecule has 1 saturated carbocycles. The van der Waals surface area contributed by atoms with Crippen LogP contribution in [0.1, 0.15) is 32.1 Å². The number of guanidine groups is 1. The van der Waals surface area contributed by atoms with Crippen molar-refractivity contribution in [1.29, 1.82) is 0 Å². The van der Waals surface area contributed by atoms with Gasteiger partial charge >= 0.3 is 0 Å². The van der Waals surface area contributed by atoms with Crippen molar-refractivity contribution in [2.75, 3.05) is 26.7 Å². The zero-order valence-electron chi connectivity index (χ0n) is 14.3. The SMILES string of the molecule is CN=C(NCCC1CCCO1)NCC1(Sc2ccccc2)CC1.I. The van der Waals surface area contributed by atoms with Gasteiger partial charge in [0.2, 0.25) is 0 Å². The fourth-order valence-electron chi connectivity index (χ4n) is 2.88. The van der Waals surface area contributed by atoms with Crippen LogP contribution in [0.4, 0.5) is 0 Å². The summed E-state index contributed by atoms with van der Waals surface area (Å²) < 4.78 is 6.00. The Morgan fingerprint density at radius 2 is 2.08 bits per heavy atom. The van der Waals surface area contributed by atoms with Crippen LogP contribution in [-0.4, -0.2) is 43.6 Å². The minimum absolute atomic E-state index is 0. The second-order valence-electron chi connectivity index (χ2n) is 6.37. The number of nitrogens with zero attached hydrogens (tertiary/aromatic N) is 1. The molecule has 24 heavy (non-hydrogen) atoms. The first kappa shape index (κ1) is 19.8.